The maximum Gasteiger partial charge on any atom is 0.289 e. The number of benzene rings is 1. The quantitative estimate of drug-likeness (QED) is 0.907. The van der Waals surface area contributed by atoms with Crippen LogP contribution in [0.25, 0.3) is 11.3 Å². The first-order valence-corrected chi connectivity index (χ1v) is 7.01. The molecule has 0 unspecified atom stereocenters. The third kappa shape index (κ3) is 1.84. The number of nitrogens with one attached hydrogen (secondary N) is 1. The number of carbonyl (C=O) groups excluding carboxylic acids is 1. The van der Waals surface area contributed by atoms with Crippen molar-refractivity contribution < 1.29 is 9.21 Å². The summed E-state index contributed by atoms with van der Waals surface area (Å²) in [6.45, 7) is 1.70. The molecule has 1 amide bonds. The van der Waals surface area contributed by atoms with Crippen molar-refractivity contribution in [3.63, 3.8) is 0 Å². The lowest BCUT2D eigenvalue weighted by atomic mass is 10.2. The summed E-state index contributed by atoms with van der Waals surface area (Å²) in [6, 6.07) is 14.3. The molecular weight excluding hydrogens is 252 g/mol. The Bertz CT molecular complexity index is 635. The van der Waals surface area contributed by atoms with E-state index in [9.17, 15) is 4.79 Å². The van der Waals surface area contributed by atoms with Gasteiger partial charge < -0.3 is 14.6 Å². The summed E-state index contributed by atoms with van der Waals surface area (Å²) >= 11 is 0. The highest BCUT2D eigenvalue weighted by atomic mass is 16.4. The van der Waals surface area contributed by atoms with Gasteiger partial charge in [-0.1, -0.05) is 30.3 Å². The van der Waals surface area contributed by atoms with Gasteiger partial charge in [0.1, 0.15) is 5.76 Å². The summed E-state index contributed by atoms with van der Waals surface area (Å²) in [5.74, 6) is 1.20. The van der Waals surface area contributed by atoms with Crippen LogP contribution in [-0.4, -0.2) is 36.0 Å². The first-order chi connectivity index (χ1) is 9.81. The molecule has 0 spiro atoms. The Kier molecular flexibility index (Phi) is 2.63. The van der Waals surface area contributed by atoms with Crippen LogP contribution in [0.5, 0.6) is 0 Å². The van der Waals surface area contributed by atoms with E-state index in [0.29, 0.717) is 17.8 Å². The van der Waals surface area contributed by atoms with Crippen LogP contribution in [0.2, 0.25) is 0 Å². The summed E-state index contributed by atoms with van der Waals surface area (Å²) in [5.41, 5.74) is 0.996. The molecule has 4 nitrogen and oxygen atoms in total. The van der Waals surface area contributed by atoms with Crippen LogP contribution < -0.4 is 5.32 Å². The Balaban J connectivity index is 1.58. The van der Waals surface area contributed by atoms with Gasteiger partial charge in [-0.05, 0) is 18.6 Å². The molecule has 2 saturated heterocycles. The standard InChI is InChI=1S/C16H16N2O2/c19-16(18-10-12-8-13(18)9-17-12)15-7-6-14(20-15)11-4-2-1-3-5-11/h1-7,12-13,17H,8-10H2/t12-,13-/m0/s1. The molecule has 3 heterocycles. The predicted octanol–water partition coefficient (Wildman–Crippen LogP) is 2.13. The molecule has 102 valence electrons. The van der Waals surface area contributed by atoms with Crippen molar-refractivity contribution in [3.8, 4) is 11.3 Å². The number of hydrogen-bond donors (Lipinski definition) is 1. The van der Waals surface area contributed by atoms with E-state index < -0.39 is 0 Å². The molecular formula is C16H16N2O2. The molecule has 0 aliphatic carbocycles. The second-order valence-corrected chi connectivity index (χ2v) is 5.48. The first-order valence-electron chi connectivity index (χ1n) is 7.01. The van der Waals surface area contributed by atoms with Crippen molar-refractivity contribution in [3.05, 3.63) is 48.2 Å². The third-order valence-corrected chi connectivity index (χ3v) is 4.19. The van der Waals surface area contributed by atoms with Gasteiger partial charge in [-0.25, -0.2) is 0 Å². The Morgan fingerprint density at radius 3 is 2.75 bits per heavy atom. The minimum atomic E-state index is 0.0150. The molecule has 1 aromatic carbocycles. The minimum absolute atomic E-state index is 0.0150. The largest absolute Gasteiger partial charge is 0.451 e. The van der Waals surface area contributed by atoms with Crippen LogP contribution >= 0.6 is 0 Å². The fraction of sp³-hybridized carbons (Fsp3) is 0.312. The second-order valence-electron chi connectivity index (χ2n) is 5.48. The molecule has 4 heteroatoms. The number of hydrogen-bond acceptors (Lipinski definition) is 3. The van der Waals surface area contributed by atoms with Crippen molar-refractivity contribution in [2.75, 3.05) is 13.1 Å². The third-order valence-electron chi connectivity index (χ3n) is 4.19. The first kappa shape index (κ1) is 11.7. The van der Waals surface area contributed by atoms with Gasteiger partial charge in [0.25, 0.3) is 5.91 Å². The zero-order valence-corrected chi connectivity index (χ0v) is 11.1. The Morgan fingerprint density at radius 2 is 2.05 bits per heavy atom. The number of likely N-dealkylation sites (tertiary alicyclic amines) is 1. The van der Waals surface area contributed by atoms with Crippen LogP contribution in [0.3, 0.4) is 0 Å². The Morgan fingerprint density at radius 1 is 1.20 bits per heavy atom. The van der Waals surface area contributed by atoms with Gasteiger partial charge in [0.05, 0.1) is 0 Å². The summed E-state index contributed by atoms with van der Waals surface area (Å²) < 4.78 is 5.74. The number of piperazine rings is 1. The van der Waals surface area contributed by atoms with E-state index in [0.717, 1.165) is 30.8 Å². The molecule has 4 rings (SSSR count). The van der Waals surface area contributed by atoms with Gasteiger partial charge in [0.2, 0.25) is 0 Å². The molecule has 1 aromatic heterocycles. The smallest absolute Gasteiger partial charge is 0.289 e. The normalized spacial score (nSPS) is 24.3. The lowest BCUT2D eigenvalue weighted by Crippen LogP contribution is -2.46. The molecule has 2 bridgehead atoms. The van der Waals surface area contributed by atoms with E-state index in [2.05, 4.69) is 5.32 Å². The number of carbonyl (C=O) groups is 1. The van der Waals surface area contributed by atoms with Gasteiger partial charge in [-0.3, -0.25) is 4.79 Å². The van der Waals surface area contributed by atoms with Crippen LogP contribution in [-0.2, 0) is 0 Å². The molecule has 1 N–H and O–H groups in total. The number of fused-ring (bicyclic) bond motifs is 2. The zero-order valence-electron chi connectivity index (χ0n) is 11.1. The average Bonchev–Trinajstić information content (AvgIpc) is 3.23. The van der Waals surface area contributed by atoms with E-state index >= 15 is 0 Å². The van der Waals surface area contributed by atoms with E-state index in [1.54, 1.807) is 6.07 Å². The van der Waals surface area contributed by atoms with Crippen LogP contribution in [0.15, 0.2) is 46.9 Å². The maximum absolute atomic E-state index is 12.5. The van der Waals surface area contributed by atoms with Gasteiger partial charge in [-0.2, -0.15) is 0 Å². The molecule has 2 aromatic rings. The number of nitrogens with zero attached hydrogens (tertiary/aromatic N) is 1. The van der Waals surface area contributed by atoms with E-state index in [4.69, 9.17) is 4.42 Å². The summed E-state index contributed by atoms with van der Waals surface area (Å²) in [6.07, 6.45) is 1.07. The highest BCUT2D eigenvalue weighted by Crippen LogP contribution is 2.27. The topological polar surface area (TPSA) is 45.5 Å². The van der Waals surface area contributed by atoms with Gasteiger partial charge in [0, 0.05) is 30.7 Å². The Hall–Kier alpha value is -2.07. The number of rotatable bonds is 2. The van der Waals surface area contributed by atoms with E-state index in [1.807, 2.05) is 41.3 Å². The lowest BCUT2D eigenvalue weighted by Gasteiger charge is -2.26. The Labute approximate surface area is 117 Å². The SMILES string of the molecule is O=C(c1ccc(-c2ccccc2)o1)N1C[C@@H]2C[C@H]1CN2. The molecule has 2 aliphatic rings. The zero-order chi connectivity index (χ0) is 13.5. The predicted molar refractivity (Wildman–Crippen MR) is 75.4 cm³/mol. The average molecular weight is 268 g/mol. The lowest BCUT2D eigenvalue weighted by molar-refractivity contribution is 0.0684. The van der Waals surface area contributed by atoms with Crippen LogP contribution in [0.4, 0.5) is 0 Å². The molecule has 2 atom stereocenters. The molecule has 2 fully saturated rings. The van der Waals surface area contributed by atoms with Crippen molar-refractivity contribution in [2.24, 2.45) is 0 Å². The minimum Gasteiger partial charge on any atom is -0.451 e. The molecule has 20 heavy (non-hydrogen) atoms. The molecule has 0 radical (unpaired) electrons. The molecule has 2 aliphatic heterocycles. The second kappa shape index (κ2) is 4.49. The van der Waals surface area contributed by atoms with Crippen LogP contribution in [0, 0.1) is 0 Å². The van der Waals surface area contributed by atoms with Crippen LogP contribution in [0.1, 0.15) is 17.0 Å². The summed E-state index contributed by atoms with van der Waals surface area (Å²) in [4.78, 5) is 14.4. The van der Waals surface area contributed by atoms with Gasteiger partial charge >= 0.3 is 0 Å². The van der Waals surface area contributed by atoms with Gasteiger partial charge in [0.15, 0.2) is 5.76 Å². The summed E-state index contributed by atoms with van der Waals surface area (Å²) in [5, 5.41) is 3.40. The molecule has 0 saturated carbocycles. The number of furan rings is 1. The van der Waals surface area contributed by atoms with Crippen molar-refractivity contribution in [1.29, 1.82) is 0 Å². The highest BCUT2D eigenvalue weighted by Gasteiger charge is 2.41. The fourth-order valence-electron chi connectivity index (χ4n) is 3.16. The van der Waals surface area contributed by atoms with Crippen molar-refractivity contribution >= 4 is 5.91 Å². The summed E-state index contributed by atoms with van der Waals surface area (Å²) in [7, 11) is 0. The monoisotopic (exact) mass is 268 g/mol. The van der Waals surface area contributed by atoms with E-state index in [1.165, 1.54) is 0 Å². The van der Waals surface area contributed by atoms with Gasteiger partial charge in [-0.15, -0.1) is 0 Å². The van der Waals surface area contributed by atoms with E-state index in [-0.39, 0.29) is 5.91 Å². The number of amides is 1. The van der Waals surface area contributed by atoms with Crippen molar-refractivity contribution in [1.82, 2.24) is 10.2 Å². The van der Waals surface area contributed by atoms with Crippen molar-refractivity contribution in [2.45, 2.75) is 18.5 Å². The highest BCUT2D eigenvalue weighted by molar-refractivity contribution is 5.92. The fourth-order valence-corrected chi connectivity index (χ4v) is 3.16. The maximum atomic E-state index is 12.5.